The third kappa shape index (κ3) is 2.99. The van der Waals surface area contributed by atoms with E-state index in [4.69, 9.17) is 0 Å². The molecule has 1 atom stereocenters. The van der Waals surface area contributed by atoms with Crippen molar-refractivity contribution in [1.82, 2.24) is 0 Å². The van der Waals surface area contributed by atoms with Gasteiger partial charge in [0.2, 0.25) is 0 Å². The molecule has 0 aromatic heterocycles. The van der Waals surface area contributed by atoms with E-state index < -0.39 is 11.8 Å². The van der Waals surface area contributed by atoms with Gasteiger partial charge < -0.3 is 15.5 Å². The van der Waals surface area contributed by atoms with Gasteiger partial charge in [0.05, 0.1) is 5.60 Å². The van der Waals surface area contributed by atoms with E-state index in [1.807, 2.05) is 19.1 Å². The molecule has 0 spiro atoms. The normalized spacial score (nSPS) is 19.7. The summed E-state index contributed by atoms with van der Waals surface area (Å²) in [7, 11) is 0. The Morgan fingerprint density at radius 2 is 2.18 bits per heavy atom. The van der Waals surface area contributed by atoms with Gasteiger partial charge in [-0.05, 0) is 37.5 Å². The lowest BCUT2D eigenvalue weighted by Crippen LogP contribution is -2.25. The highest BCUT2D eigenvalue weighted by Gasteiger charge is 2.20. The van der Waals surface area contributed by atoms with Crippen molar-refractivity contribution in [2.24, 2.45) is 0 Å². The fraction of sp³-hybridized carbons (Fsp3) is 0.500. The molecule has 1 aromatic rings. The van der Waals surface area contributed by atoms with Gasteiger partial charge in [-0.15, -0.1) is 0 Å². The number of hydrogen-bond donors (Lipinski definition) is 3. The largest absolute Gasteiger partial charge is 0.390 e. The summed E-state index contributed by atoms with van der Waals surface area (Å²) in [4.78, 5) is 0. The van der Waals surface area contributed by atoms with Crippen LogP contribution in [0.15, 0.2) is 12.1 Å². The average molecular weight is 233 g/mol. The van der Waals surface area contributed by atoms with Crippen LogP contribution in [0.3, 0.4) is 0 Å². The fourth-order valence-electron chi connectivity index (χ4n) is 2.22. The highest BCUT2D eigenvalue weighted by molar-refractivity contribution is 5.63. The number of aliphatic hydroxyl groups is 2. The first kappa shape index (κ1) is 12.4. The van der Waals surface area contributed by atoms with Gasteiger partial charge >= 0.3 is 0 Å². The van der Waals surface area contributed by atoms with Crippen molar-refractivity contribution in [2.75, 3.05) is 5.32 Å². The minimum Gasteiger partial charge on any atom is -0.390 e. The zero-order valence-electron chi connectivity index (χ0n) is 10.5. The van der Waals surface area contributed by atoms with Crippen LogP contribution in [0.25, 0.3) is 0 Å². The van der Waals surface area contributed by atoms with Crippen LogP contribution in [0.2, 0.25) is 0 Å². The molecule has 1 aromatic carbocycles. The molecule has 0 aliphatic carbocycles. The summed E-state index contributed by atoms with van der Waals surface area (Å²) >= 11 is 0. The molecule has 1 aliphatic heterocycles. The van der Waals surface area contributed by atoms with Crippen LogP contribution in [0, 0.1) is 13.3 Å². The first-order chi connectivity index (χ1) is 7.85. The molecule has 0 saturated carbocycles. The molecular weight excluding hydrogens is 214 g/mol. The van der Waals surface area contributed by atoms with Crippen molar-refractivity contribution < 1.29 is 10.2 Å². The summed E-state index contributed by atoms with van der Waals surface area (Å²) < 4.78 is 0. The Morgan fingerprint density at radius 1 is 1.47 bits per heavy atom. The Balaban J connectivity index is 2.31. The molecule has 92 valence electrons. The lowest BCUT2D eigenvalue weighted by atomic mass is 9.91. The Labute approximate surface area is 102 Å². The molecule has 0 bridgehead atoms. The van der Waals surface area contributed by atoms with Crippen molar-refractivity contribution >= 4 is 5.69 Å². The molecule has 0 fully saturated rings. The quantitative estimate of drug-likeness (QED) is 0.731. The van der Waals surface area contributed by atoms with Crippen LogP contribution >= 0.6 is 0 Å². The number of fused-ring (bicyclic) bond motifs is 1. The number of nitrogens with one attached hydrogen (secondary N) is 1. The van der Waals surface area contributed by atoms with Crippen LogP contribution in [-0.4, -0.2) is 22.0 Å². The van der Waals surface area contributed by atoms with E-state index >= 15 is 0 Å². The Kier molecular flexibility index (Phi) is 3.15. The van der Waals surface area contributed by atoms with E-state index in [1.54, 1.807) is 13.8 Å². The zero-order chi connectivity index (χ0) is 12.6. The van der Waals surface area contributed by atoms with Gasteiger partial charge in [-0.3, -0.25) is 0 Å². The third-order valence-electron chi connectivity index (χ3n) is 2.83. The summed E-state index contributed by atoms with van der Waals surface area (Å²) in [5, 5.41) is 22.4. The molecular formula is C14H19NO2. The number of hydrogen-bond acceptors (Lipinski definition) is 3. The number of anilines is 1. The molecule has 17 heavy (non-hydrogen) atoms. The SMILES string of the molecule is Cc1cc(CC(C)(C)O)cc2c1NC(O)C[C]2. The van der Waals surface area contributed by atoms with Crippen molar-refractivity contribution in [3.05, 3.63) is 35.2 Å². The first-order valence-corrected chi connectivity index (χ1v) is 5.89. The molecule has 2 radical (unpaired) electrons. The van der Waals surface area contributed by atoms with Crippen LogP contribution in [0.4, 0.5) is 5.69 Å². The van der Waals surface area contributed by atoms with E-state index in [2.05, 4.69) is 11.7 Å². The lowest BCUT2D eigenvalue weighted by molar-refractivity contribution is 0.0810. The van der Waals surface area contributed by atoms with E-state index in [9.17, 15) is 10.2 Å². The predicted octanol–water partition coefficient (Wildman–Crippen LogP) is 1.87. The van der Waals surface area contributed by atoms with Crippen LogP contribution < -0.4 is 5.32 Å². The smallest absolute Gasteiger partial charge is 0.125 e. The first-order valence-electron chi connectivity index (χ1n) is 5.89. The summed E-state index contributed by atoms with van der Waals surface area (Å²) in [5.41, 5.74) is 3.41. The number of aryl methyl sites for hydroxylation is 1. The monoisotopic (exact) mass is 233 g/mol. The highest BCUT2D eigenvalue weighted by atomic mass is 16.3. The summed E-state index contributed by atoms with van der Waals surface area (Å²) in [6.07, 6.45) is 3.76. The second kappa shape index (κ2) is 4.31. The van der Waals surface area contributed by atoms with Gasteiger partial charge in [-0.2, -0.15) is 0 Å². The highest BCUT2D eigenvalue weighted by Crippen LogP contribution is 2.31. The third-order valence-corrected chi connectivity index (χ3v) is 2.83. The van der Waals surface area contributed by atoms with Crippen molar-refractivity contribution in [3.63, 3.8) is 0 Å². The van der Waals surface area contributed by atoms with E-state index in [-0.39, 0.29) is 0 Å². The van der Waals surface area contributed by atoms with Gasteiger partial charge in [-0.1, -0.05) is 12.1 Å². The van der Waals surface area contributed by atoms with Gasteiger partial charge in [0.25, 0.3) is 0 Å². The van der Waals surface area contributed by atoms with E-state index in [1.165, 1.54) is 0 Å². The maximum Gasteiger partial charge on any atom is 0.125 e. The minimum absolute atomic E-state index is 0.498. The van der Waals surface area contributed by atoms with Gasteiger partial charge in [0, 0.05) is 24.9 Å². The van der Waals surface area contributed by atoms with Crippen molar-refractivity contribution in [1.29, 1.82) is 0 Å². The number of benzene rings is 1. The molecule has 3 N–H and O–H groups in total. The molecule has 1 heterocycles. The molecule has 3 heteroatoms. The van der Waals surface area contributed by atoms with Crippen LogP contribution in [0.1, 0.15) is 37.0 Å². The van der Waals surface area contributed by atoms with Crippen molar-refractivity contribution in [2.45, 2.75) is 45.4 Å². The molecule has 1 unspecified atom stereocenters. The topological polar surface area (TPSA) is 52.5 Å². The minimum atomic E-state index is -0.706. The second-order valence-corrected chi connectivity index (χ2v) is 5.37. The van der Waals surface area contributed by atoms with E-state index in [0.29, 0.717) is 12.8 Å². The summed E-state index contributed by atoms with van der Waals surface area (Å²) in [5.74, 6) is 0. The maximum atomic E-state index is 9.83. The molecule has 2 rings (SSSR count). The Bertz CT molecular complexity index is 421. The van der Waals surface area contributed by atoms with Gasteiger partial charge in [-0.25, -0.2) is 0 Å². The van der Waals surface area contributed by atoms with E-state index in [0.717, 1.165) is 22.4 Å². The van der Waals surface area contributed by atoms with Crippen LogP contribution in [-0.2, 0) is 6.42 Å². The Morgan fingerprint density at radius 3 is 2.82 bits per heavy atom. The lowest BCUT2D eigenvalue weighted by Gasteiger charge is -2.26. The summed E-state index contributed by atoms with van der Waals surface area (Å²) in [6, 6.07) is 4.07. The summed E-state index contributed by atoms with van der Waals surface area (Å²) in [6.45, 7) is 5.61. The standard InChI is InChI=1S/C14H19NO2/c1-9-6-10(8-14(2,3)17)7-11-4-5-12(16)15-13(9)11/h6-7,12,15-17H,5,8H2,1-3H3. The average Bonchev–Trinajstić information content (AvgIpc) is 2.17. The number of rotatable bonds is 2. The predicted molar refractivity (Wildman–Crippen MR) is 67.8 cm³/mol. The zero-order valence-corrected chi connectivity index (χ0v) is 10.5. The van der Waals surface area contributed by atoms with Crippen LogP contribution in [0.5, 0.6) is 0 Å². The fourth-order valence-corrected chi connectivity index (χ4v) is 2.22. The van der Waals surface area contributed by atoms with Gasteiger partial charge in [0.15, 0.2) is 0 Å². The maximum absolute atomic E-state index is 9.83. The molecule has 3 nitrogen and oxygen atoms in total. The van der Waals surface area contributed by atoms with Gasteiger partial charge in [0.1, 0.15) is 6.23 Å². The number of aliphatic hydroxyl groups excluding tert-OH is 1. The second-order valence-electron chi connectivity index (χ2n) is 5.37. The molecule has 0 saturated heterocycles. The molecule has 1 aliphatic rings. The molecule has 0 amide bonds. The van der Waals surface area contributed by atoms with Crippen molar-refractivity contribution in [3.8, 4) is 0 Å². The Hall–Kier alpha value is -1.06.